The van der Waals surface area contributed by atoms with E-state index < -0.39 is 5.95 Å². The van der Waals surface area contributed by atoms with Crippen LogP contribution in [0.25, 0.3) is 0 Å². The monoisotopic (exact) mass is 226 g/mol. The Labute approximate surface area is 90.8 Å². The summed E-state index contributed by atoms with van der Waals surface area (Å²) < 4.78 is 13.1. The number of halogens is 2. The van der Waals surface area contributed by atoms with Crippen molar-refractivity contribution in [2.75, 3.05) is 0 Å². The first kappa shape index (κ1) is 10.8. The number of aromatic nitrogens is 1. The number of aliphatic imine (C=N–C) groups is 1. The second-order valence-electron chi connectivity index (χ2n) is 2.33. The molecule has 2 nitrogen and oxygen atoms in total. The van der Waals surface area contributed by atoms with E-state index in [-0.39, 0.29) is 5.56 Å². The zero-order chi connectivity index (χ0) is 10.6. The lowest BCUT2D eigenvalue weighted by Gasteiger charge is -1.98. The SMILES string of the molecule is Cc1nc(F)c(C#CN=C=S)cc1Cl. The van der Waals surface area contributed by atoms with Crippen molar-refractivity contribution in [3.8, 4) is 12.0 Å². The van der Waals surface area contributed by atoms with E-state index in [2.05, 4.69) is 34.2 Å². The summed E-state index contributed by atoms with van der Waals surface area (Å²) in [7, 11) is 0. The highest BCUT2D eigenvalue weighted by atomic mass is 35.5. The molecule has 0 aliphatic rings. The fourth-order valence-electron chi connectivity index (χ4n) is 0.750. The van der Waals surface area contributed by atoms with Crippen LogP contribution < -0.4 is 0 Å². The van der Waals surface area contributed by atoms with Crippen LogP contribution in [0.3, 0.4) is 0 Å². The predicted molar refractivity (Wildman–Crippen MR) is 55.8 cm³/mol. The molecule has 0 spiro atoms. The molecule has 5 heteroatoms. The van der Waals surface area contributed by atoms with E-state index in [0.29, 0.717) is 10.7 Å². The van der Waals surface area contributed by atoms with E-state index >= 15 is 0 Å². The molecule has 1 aromatic heterocycles. The molecule has 0 radical (unpaired) electrons. The lowest BCUT2D eigenvalue weighted by molar-refractivity contribution is 0.576. The van der Waals surface area contributed by atoms with Gasteiger partial charge >= 0.3 is 0 Å². The molecule has 0 aromatic carbocycles. The summed E-state index contributed by atoms with van der Waals surface area (Å²) in [6.45, 7) is 1.61. The number of nitrogens with zero attached hydrogens (tertiary/aromatic N) is 2. The molecule has 1 rings (SSSR count). The van der Waals surface area contributed by atoms with Gasteiger partial charge in [-0.25, -0.2) is 4.98 Å². The average molecular weight is 227 g/mol. The Morgan fingerprint density at radius 1 is 1.64 bits per heavy atom. The number of rotatable bonds is 0. The van der Waals surface area contributed by atoms with Crippen LogP contribution >= 0.6 is 23.8 Å². The Morgan fingerprint density at radius 2 is 2.36 bits per heavy atom. The zero-order valence-electron chi connectivity index (χ0n) is 7.14. The average Bonchev–Trinajstić information content (AvgIpc) is 2.14. The number of hydrogen-bond donors (Lipinski definition) is 0. The minimum absolute atomic E-state index is 0.0922. The second-order valence-corrected chi connectivity index (χ2v) is 2.92. The van der Waals surface area contributed by atoms with E-state index in [4.69, 9.17) is 11.6 Å². The minimum atomic E-state index is -0.668. The largest absolute Gasteiger partial charge is 0.229 e. The second kappa shape index (κ2) is 4.83. The predicted octanol–water partition coefficient (Wildman–Crippen LogP) is 2.59. The van der Waals surface area contributed by atoms with E-state index in [1.807, 2.05) is 5.16 Å². The van der Waals surface area contributed by atoms with E-state index in [1.54, 1.807) is 6.92 Å². The molecule has 1 heterocycles. The van der Waals surface area contributed by atoms with Crippen LogP contribution in [0, 0.1) is 24.8 Å². The van der Waals surface area contributed by atoms with E-state index in [0.717, 1.165) is 0 Å². The highest BCUT2D eigenvalue weighted by Crippen LogP contribution is 2.15. The van der Waals surface area contributed by atoms with Gasteiger partial charge in [-0.05, 0) is 31.1 Å². The van der Waals surface area contributed by atoms with Crippen molar-refractivity contribution in [2.45, 2.75) is 6.92 Å². The molecule has 0 aliphatic carbocycles. The van der Waals surface area contributed by atoms with Gasteiger partial charge in [0.15, 0.2) is 0 Å². The number of hydrogen-bond acceptors (Lipinski definition) is 3. The summed E-state index contributed by atoms with van der Waals surface area (Å²) in [5, 5.41) is 2.41. The first-order chi connectivity index (χ1) is 6.65. The maximum Gasteiger partial charge on any atom is 0.229 e. The van der Waals surface area contributed by atoms with E-state index in [1.165, 1.54) is 6.07 Å². The lowest BCUT2D eigenvalue weighted by Crippen LogP contribution is -1.92. The van der Waals surface area contributed by atoms with Gasteiger partial charge in [-0.15, -0.1) is 4.99 Å². The molecule has 0 aliphatic heterocycles. The first-order valence-corrected chi connectivity index (χ1v) is 4.34. The van der Waals surface area contributed by atoms with Crippen LogP contribution in [0.1, 0.15) is 11.3 Å². The third-order valence-electron chi connectivity index (χ3n) is 1.40. The van der Waals surface area contributed by atoms with Crippen LogP contribution in [-0.4, -0.2) is 10.1 Å². The van der Waals surface area contributed by atoms with Crippen molar-refractivity contribution in [1.29, 1.82) is 0 Å². The normalized spacial score (nSPS) is 8.50. The van der Waals surface area contributed by atoms with Crippen molar-refractivity contribution >= 4 is 29.0 Å². The molecule has 0 saturated carbocycles. The van der Waals surface area contributed by atoms with Crippen LogP contribution in [-0.2, 0) is 0 Å². The third-order valence-corrected chi connectivity index (χ3v) is 1.87. The minimum Gasteiger partial charge on any atom is -0.222 e. The first-order valence-electron chi connectivity index (χ1n) is 3.55. The van der Waals surface area contributed by atoms with Crippen molar-refractivity contribution in [3.63, 3.8) is 0 Å². The van der Waals surface area contributed by atoms with Gasteiger partial charge in [-0.2, -0.15) is 4.39 Å². The smallest absolute Gasteiger partial charge is 0.222 e. The summed E-state index contributed by atoms with van der Waals surface area (Å²) in [6, 6.07) is 3.65. The fourth-order valence-corrected chi connectivity index (χ4v) is 0.947. The molecule has 0 atom stereocenters. The van der Waals surface area contributed by atoms with Crippen LogP contribution in [0.5, 0.6) is 0 Å². The van der Waals surface area contributed by atoms with Crippen LogP contribution in [0.4, 0.5) is 4.39 Å². The van der Waals surface area contributed by atoms with E-state index in [9.17, 15) is 4.39 Å². The van der Waals surface area contributed by atoms with Gasteiger partial charge < -0.3 is 0 Å². The number of pyridine rings is 1. The number of isothiocyanates is 1. The molecule has 0 unspecified atom stereocenters. The Bertz CT molecular complexity index is 470. The molecule has 0 saturated heterocycles. The molecular formula is C9H4ClFN2S. The van der Waals surface area contributed by atoms with Crippen LogP contribution in [0.15, 0.2) is 11.1 Å². The molecular weight excluding hydrogens is 223 g/mol. The zero-order valence-corrected chi connectivity index (χ0v) is 8.71. The van der Waals surface area contributed by atoms with Gasteiger partial charge in [0, 0.05) is 0 Å². The lowest BCUT2D eigenvalue weighted by atomic mass is 10.2. The number of aryl methyl sites for hydroxylation is 1. The maximum atomic E-state index is 13.1. The highest BCUT2D eigenvalue weighted by molar-refractivity contribution is 7.78. The van der Waals surface area contributed by atoms with Gasteiger partial charge in [0.2, 0.25) is 5.95 Å². The van der Waals surface area contributed by atoms with Crippen molar-refractivity contribution in [1.82, 2.24) is 4.98 Å². The Morgan fingerprint density at radius 3 is 3.00 bits per heavy atom. The van der Waals surface area contributed by atoms with Gasteiger partial charge in [0.25, 0.3) is 0 Å². The van der Waals surface area contributed by atoms with Gasteiger partial charge in [0.05, 0.1) is 27.5 Å². The molecule has 0 N–H and O–H groups in total. The van der Waals surface area contributed by atoms with Gasteiger partial charge in [-0.3, -0.25) is 0 Å². The quantitative estimate of drug-likeness (QED) is 0.294. The Kier molecular flexibility index (Phi) is 3.73. The Balaban J connectivity index is 3.18. The maximum absolute atomic E-state index is 13.1. The number of thiocarbonyl (C=S) groups is 1. The topological polar surface area (TPSA) is 25.2 Å². The summed E-state index contributed by atoms with van der Waals surface area (Å²) in [6.07, 6.45) is 0. The summed E-state index contributed by atoms with van der Waals surface area (Å²) >= 11 is 10.0. The van der Waals surface area contributed by atoms with Gasteiger partial charge in [0.1, 0.15) is 0 Å². The van der Waals surface area contributed by atoms with Crippen molar-refractivity contribution in [2.24, 2.45) is 4.99 Å². The summed E-state index contributed by atoms with van der Waals surface area (Å²) in [4.78, 5) is 6.89. The van der Waals surface area contributed by atoms with Crippen molar-refractivity contribution in [3.05, 3.63) is 28.3 Å². The molecule has 0 bridgehead atoms. The molecule has 0 fully saturated rings. The molecule has 0 amide bonds. The fraction of sp³-hybridized carbons (Fsp3) is 0.111. The summed E-state index contributed by atoms with van der Waals surface area (Å²) in [5.74, 6) is 1.75. The Hall–Kier alpha value is -1.27. The standard InChI is InChI=1S/C9H4ClFN2S/c1-6-8(10)4-7(9(11)13-6)2-3-12-5-14/h4H,1H3. The highest BCUT2D eigenvalue weighted by Gasteiger charge is 2.04. The van der Waals surface area contributed by atoms with Crippen LogP contribution in [0.2, 0.25) is 5.02 Å². The van der Waals surface area contributed by atoms with Gasteiger partial charge in [-0.1, -0.05) is 11.6 Å². The summed E-state index contributed by atoms with van der Waals surface area (Å²) in [5.41, 5.74) is 0.516. The molecule has 70 valence electrons. The molecule has 14 heavy (non-hydrogen) atoms. The molecule has 1 aromatic rings. The third kappa shape index (κ3) is 2.61. The van der Waals surface area contributed by atoms with Crippen molar-refractivity contribution < 1.29 is 4.39 Å².